The molecule has 33 heavy (non-hydrogen) atoms. The van der Waals surface area contributed by atoms with Gasteiger partial charge < -0.3 is 14.5 Å². The number of carbonyl (C=O) groups excluding carboxylic acids is 1. The molecule has 0 aromatic heterocycles. The second kappa shape index (κ2) is 9.52. The van der Waals surface area contributed by atoms with Gasteiger partial charge in [0.15, 0.2) is 34.1 Å². The third-order valence-electron chi connectivity index (χ3n) is 4.93. The molecule has 0 saturated carbocycles. The van der Waals surface area contributed by atoms with E-state index in [-0.39, 0.29) is 42.6 Å². The van der Waals surface area contributed by atoms with Gasteiger partial charge in [0.2, 0.25) is 5.82 Å². The number of amides is 1. The van der Waals surface area contributed by atoms with Crippen LogP contribution in [0.5, 0.6) is 5.75 Å². The number of hydrogen-bond donors (Lipinski definition) is 1. The fourth-order valence-corrected chi connectivity index (χ4v) is 3.50. The van der Waals surface area contributed by atoms with Gasteiger partial charge in [0.05, 0.1) is 12.0 Å². The van der Waals surface area contributed by atoms with Crippen molar-refractivity contribution in [1.29, 1.82) is 0 Å². The molecule has 1 aliphatic rings. The summed E-state index contributed by atoms with van der Waals surface area (Å²) in [6, 6.07) is 3.56. The summed E-state index contributed by atoms with van der Waals surface area (Å²) in [5.74, 6) is -11.0. The second-order valence-electron chi connectivity index (χ2n) is 6.80. The van der Waals surface area contributed by atoms with E-state index in [0.29, 0.717) is 0 Å². The Balaban J connectivity index is 1.68. The van der Waals surface area contributed by atoms with Crippen LogP contribution in [0.15, 0.2) is 18.2 Å². The van der Waals surface area contributed by atoms with Crippen LogP contribution in [0.3, 0.4) is 0 Å². The van der Waals surface area contributed by atoms with Crippen molar-refractivity contribution in [2.24, 2.45) is 0 Å². The minimum Gasteiger partial charge on any atom is -0.490 e. The Morgan fingerprint density at radius 3 is 2.09 bits per heavy atom. The molecule has 0 bridgehead atoms. The predicted octanol–water partition coefficient (Wildman–Crippen LogP) is 3.14. The summed E-state index contributed by atoms with van der Waals surface area (Å²) in [4.78, 5) is 25.3. The van der Waals surface area contributed by atoms with Crippen LogP contribution >= 0.6 is 12.2 Å². The van der Waals surface area contributed by atoms with E-state index in [1.165, 1.54) is 24.1 Å². The lowest BCUT2D eigenvalue weighted by Crippen LogP contribution is -2.53. The van der Waals surface area contributed by atoms with E-state index in [4.69, 9.17) is 17.0 Å². The molecule has 3 rings (SSSR count). The maximum Gasteiger partial charge on any atom is 0.311 e. The summed E-state index contributed by atoms with van der Waals surface area (Å²) in [5.41, 5.74) is -1.52. The maximum atomic E-state index is 14.0. The third-order valence-corrected chi connectivity index (χ3v) is 5.29. The number of nitro benzene ring substituents is 1. The molecule has 8 nitrogen and oxygen atoms in total. The molecule has 0 aliphatic carbocycles. The Hall–Kier alpha value is -3.55. The standard InChI is InChI=1S/C19H15F5N4O4S/c1-32-11-3-2-9(8-10(11)28(30)31)18(29)25-19(33)27-6-4-26(5-7-27)17-15(23)13(21)12(20)14(22)16(17)24/h2-3,8H,4-7H2,1H3,(H,25,29,33). The Morgan fingerprint density at radius 2 is 1.58 bits per heavy atom. The van der Waals surface area contributed by atoms with Crippen LogP contribution in [0.4, 0.5) is 33.3 Å². The van der Waals surface area contributed by atoms with Crippen molar-refractivity contribution in [3.8, 4) is 5.75 Å². The number of hydrogen-bond acceptors (Lipinski definition) is 6. The second-order valence-corrected chi connectivity index (χ2v) is 7.18. The molecule has 1 heterocycles. The zero-order valence-electron chi connectivity index (χ0n) is 16.8. The van der Waals surface area contributed by atoms with E-state index in [9.17, 15) is 36.9 Å². The highest BCUT2D eigenvalue weighted by Gasteiger charge is 2.31. The van der Waals surface area contributed by atoms with Crippen molar-refractivity contribution in [2.45, 2.75) is 0 Å². The Labute approximate surface area is 188 Å². The van der Waals surface area contributed by atoms with E-state index in [1.807, 2.05) is 0 Å². The first-order valence-corrected chi connectivity index (χ1v) is 9.66. The molecule has 1 amide bonds. The molecule has 1 aliphatic heterocycles. The summed E-state index contributed by atoms with van der Waals surface area (Å²) < 4.78 is 73.1. The molecule has 2 aromatic carbocycles. The van der Waals surface area contributed by atoms with Crippen LogP contribution < -0.4 is 15.0 Å². The molecule has 2 aromatic rings. The number of halogens is 5. The molecule has 14 heteroatoms. The lowest BCUT2D eigenvalue weighted by Gasteiger charge is -2.37. The number of nitro groups is 1. The lowest BCUT2D eigenvalue weighted by molar-refractivity contribution is -0.385. The predicted molar refractivity (Wildman–Crippen MR) is 110 cm³/mol. The van der Waals surface area contributed by atoms with Gasteiger partial charge in [0, 0.05) is 37.8 Å². The zero-order valence-corrected chi connectivity index (χ0v) is 17.6. The number of rotatable bonds is 4. The Kier molecular flexibility index (Phi) is 6.95. The van der Waals surface area contributed by atoms with Gasteiger partial charge >= 0.3 is 5.69 Å². The van der Waals surface area contributed by atoms with Crippen molar-refractivity contribution in [2.75, 3.05) is 38.2 Å². The first kappa shape index (κ1) is 24.1. The molecule has 176 valence electrons. The fraction of sp³-hybridized carbons (Fsp3) is 0.263. The number of carbonyl (C=O) groups is 1. The van der Waals surface area contributed by atoms with E-state index in [2.05, 4.69) is 5.32 Å². The van der Waals surface area contributed by atoms with E-state index >= 15 is 0 Å². The van der Waals surface area contributed by atoms with Gasteiger partial charge in [-0.15, -0.1) is 0 Å². The lowest BCUT2D eigenvalue weighted by atomic mass is 10.1. The zero-order chi connectivity index (χ0) is 24.4. The summed E-state index contributed by atoms with van der Waals surface area (Å²) >= 11 is 5.15. The van der Waals surface area contributed by atoms with Gasteiger partial charge in [-0.05, 0) is 24.4 Å². The van der Waals surface area contributed by atoms with Gasteiger partial charge in [0.25, 0.3) is 5.91 Å². The molecular formula is C19H15F5N4O4S. The number of nitrogens with zero attached hydrogens (tertiary/aromatic N) is 3. The van der Waals surface area contributed by atoms with Gasteiger partial charge in [0.1, 0.15) is 5.69 Å². The van der Waals surface area contributed by atoms with Crippen molar-refractivity contribution in [3.05, 3.63) is 63.0 Å². The number of thiocarbonyl (C=S) groups is 1. The largest absolute Gasteiger partial charge is 0.490 e. The molecule has 0 atom stereocenters. The SMILES string of the molecule is COc1ccc(C(=O)NC(=S)N2CCN(c3c(F)c(F)c(F)c(F)c3F)CC2)cc1[N+](=O)[O-]. The van der Waals surface area contributed by atoms with E-state index < -0.39 is 51.3 Å². The number of anilines is 1. The van der Waals surface area contributed by atoms with E-state index in [0.717, 1.165) is 11.0 Å². The average Bonchev–Trinajstić information content (AvgIpc) is 2.81. The molecular weight excluding hydrogens is 475 g/mol. The maximum absolute atomic E-state index is 14.0. The van der Waals surface area contributed by atoms with E-state index in [1.54, 1.807) is 0 Å². The highest BCUT2D eigenvalue weighted by molar-refractivity contribution is 7.80. The Morgan fingerprint density at radius 1 is 1.03 bits per heavy atom. The highest BCUT2D eigenvalue weighted by Crippen LogP contribution is 2.31. The van der Waals surface area contributed by atoms with Gasteiger partial charge in [-0.25, -0.2) is 22.0 Å². The molecule has 1 N–H and O–H groups in total. The minimum absolute atomic E-state index is 0.00136. The summed E-state index contributed by atoms with van der Waals surface area (Å²) in [5, 5.41) is 13.4. The minimum atomic E-state index is -2.24. The summed E-state index contributed by atoms with van der Waals surface area (Å²) in [6.07, 6.45) is 0. The topological polar surface area (TPSA) is 88.0 Å². The highest BCUT2D eigenvalue weighted by atomic mass is 32.1. The summed E-state index contributed by atoms with van der Waals surface area (Å²) in [6.45, 7) is -0.298. The number of benzene rings is 2. The van der Waals surface area contributed by atoms with Gasteiger partial charge in [-0.3, -0.25) is 20.2 Å². The van der Waals surface area contributed by atoms with Crippen LogP contribution in [-0.2, 0) is 0 Å². The number of methoxy groups -OCH3 is 1. The average molecular weight is 490 g/mol. The summed E-state index contributed by atoms with van der Waals surface area (Å²) in [7, 11) is 1.24. The van der Waals surface area contributed by atoms with Crippen molar-refractivity contribution >= 4 is 34.6 Å². The van der Waals surface area contributed by atoms with Gasteiger partial charge in [-0.2, -0.15) is 0 Å². The van der Waals surface area contributed by atoms with Crippen LogP contribution in [-0.4, -0.2) is 54.1 Å². The third kappa shape index (κ3) is 4.65. The molecule has 1 fully saturated rings. The molecule has 1 saturated heterocycles. The molecule has 0 spiro atoms. The van der Waals surface area contributed by atoms with Crippen molar-refractivity contribution < 1.29 is 36.4 Å². The first-order valence-electron chi connectivity index (χ1n) is 9.25. The smallest absolute Gasteiger partial charge is 0.311 e. The first-order chi connectivity index (χ1) is 15.6. The van der Waals surface area contributed by atoms with Crippen LogP contribution in [0.2, 0.25) is 0 Å². The molecule has 0 radical (unpaired) electrons. The van der Waals surface area contributed by atoms with Crippen LogP contribution in [0, 0.1) is 39.2 Å². The number of ether oxygens (including phenoxy) is 1. The molecule has 0 unspecified atom stereocenters. The number of piperazine rings is 1. The van der Waals surface area contributed by atoms with Crippen molar-refractivity contribution in [1.82, 2.24) is 10.2 Å². The quantitative estimate of drug-likeness (QED) is 0.176. The normalized spacial score (nSPS) is 13.6. The van der Waals surface area contributed by atoms with Crippen LogP contribution in [0.1, 0.15) is 10.4 Å². The van der Waals surface area contributed by atoms with Gasteiger partial charge in [-0.1, -0.05) is 0 Å². The van der Waals surface area contributed by atoms with Crippen LogP contribution in [0.25, 0.3) is 0 Å². The monoisotopic (exact) mass is 490 g/mol. The van der Waals surface area contributed by atoms with Crippen molar-refractivity contribution in [3.63, 3.8) is 0 Å². The Bertz CT molecular complexity index is 1110. The fourth-order valence-electron chi connectivity index (χ4n) is 3.23. The number of nitrogens with one attached hydrogen (secondary N) is 1.